The fraction of sp³-hybridized carbons (Fsp3) is 0.440. The highest BCUT2D eigenvalue weighted by Gasteiger charge is 2.19. The number of ether oxygens (including phenoxy) is 2. The summed E-state index contributed by atoms with van der Waals surface area (Å²) in [4.78, 5) is 24.5. The number of hydrogen-bond acceptors (Lipinski definition) is 7. The summed E-state index contributed by atoms with van der Waals surface area (Å²) >= 11 is 1.95. The molecule has 0 amide bonds. The third-order valence-electron chi connectivity index (χ3n) is 5.75. The molecule has 2 aromatic carbocycles. The SMILES string of the molecule is COc1ccccc1N1CCN(CCCOc2cccc3c2SCCC3)CC1.O=C(O)C(=O)O. The van der Waals surface area contributed by atoms with Crippen LogP contribution in [0.1, 0.15) is 18.4 Å². The summed E-state index contributed by atoms with van der Waals surface area (Å²) in [5, 5.41) is 14.8. The number of carboxylic acid groups (broad SMARTS) is 2. The molecule has 2 aromatic rings. The van der Waals surface area contributed by atoms with Crippen LogP contribution < -0.4 is 14.4 Å². The number of para-hydroxylation sites is 2. The third-order valence-corrected chi connectivity index (χ3v) is 7.00. The molecule has 2 heterocycles. The van der Waals surface area contributed by atoms with Gasteiger partial charge in [0.05, 0.1) is 24.3 Å². The first-order chi connectivity index (χ1) is 16.5. The lowest BCUT2D eigenvalue weighted by atomic mass is 10.1. The average Bonchev–Trinajstić information content (AvgIpc) is 2.87. The standard InChI is InChI=1S/C23H30N2O2S.C2H2O4/c1-26-21-10-3-2-9-20(21)25-15-13-24(14-16-25)12-6-17-27-22-11-4-7-19-8-5-18-28-23(19)22;3-1(4)2(5)6/h2-4,7,9-11H,5-6,8,12-18H2,1H3;(H,3,4)(H,5,6). The van der Waals surface area contributed by atoms with Gasteiger partial charge in [0.25, 0.3) is 0 Å². The van der Waals surface area contributed by atoms with E-state index in [2.05, 4.69) is 40.1 Å². The van der Waals surface area contributed by atoms with E-state index in [-0.39, 0.29) is 0 Å². The van der Waals surface area contributed by atoms with Crippen molar-refractivity contribution in [2.75, 3.05) is 57.1 Å². The van der Waals surface area contributed by atoms with Gasteiger partial charge in [-0.2, -0.15) is 0 Å². The number of hydrogen-bond donors (Lipinski definition) is 2. The second-order valence-electron chi connectivity index (χ2n) is 8.01. The van der Waals surface area contributed by atoms with Gasteiger partial charge >= 0.3 is 11.9 Å². The van der Waals surface area contributed by atoms with Crippen LogP contribution in [0, 0.1) is 0 Å². The number of thioether (sulfide) groups is 1. The highest BCUT2D eigenvalue weighted by Crippen LogP contribution is 2.37. The maximum Gasteiger partial charge on any atom is 0.414 e. The van der Waals surface area contributed by atoms with E-state index in [4.69, 9.17) is 29.3 Å². The second-order valence-corrected chi connectivity index (χ2v) is 9.11. The molecule has 0 aromatic heterocycles. The van der Waals surface area contributed by atoms with Crippen molar-refractivity contribution in [3.8, 4) is 11.5 Å². The zero-order chi connectivity index (χ0) is 24.3. The summed E-state index contributed by atoms with van der Waals surface area (Å²) in [5.74, 6) is -0.384. The number of piperazine rings is 1. The lowest BCUT2D eigenvalue weighted by molar-refractivity contribution is -0.159. The summed E-state index contributed by atoms with van der Waals surface area (Å²) in [6.45, 7) is 6.17. The fourth-order valence-electron chi connectivity index (χ4n) is 4.05. The molecule has 0 bridgehead atoms. The molecule has 0 saturated carbocycles. The monoisotopic (exact) mass is 488 g/mol. The Kier molecular flexibility index (Phi) is 9.90. The van der Waals surface area contributed by atoms with Crippen molar-refractivity contribution in [3.05, 3.63) is 48.0 Å². The Hall–Kier alpha value is -2.91. The largest absolute Gasteiger partial charge is 0.495 e. The van der Waals surface area contributed by atoms with Gasteiger partial charge in [0.1, 0.15) is 11.5 Å². The van der Waals surface area contributed by atoms with Gasteiger partial charge in [-0.25, -0.2) is 9.59 Å². The summed E-state index contributed by atoms with van der Waals surface area (Å²) in [6, 6.07) is 14.8. The molecule has 0 aliphatic carbocycles. The normalized spacial score (nSPS) is 15.5. The van der Waals surface area contributed by atoms with Gasteiger partial charge in [-0.1, -0.05) is 24.3 Å². The van der Waals surface area contributed by atoms with Gasteiger partial charge in [0.15, 0.2) is 0 Å². The molecule has 1 saturated heterocycles. The highest BCUT2D eigenvalue weighted by atomic mass is 32.2. The van der Waals surface area contributed by atoms with Gasteiger partial charge in [0.2, 0.25) is 0 Å². The minimum absolute atomic E-state index is 0.795. The molecule has 1 fully saturated rings. The molecule has 2 N–H and O–H groups in total. The van der Waals surface area contributed by atoms with Gasteiger partial charge in [-0.05, 0) is 48.8 Å². The number of rotatable bonds is 7. The Labute approximate surface area is 204 Å². The number of carboxylic acids is 2. The summed E-state index contributed by atoms with van der Waals surface area (Å²) in [5.41, 5.74) is 2.67. The maximum absolute atomic E-state index is 9.10. The summed E-state index contributed by atoms with van der Waals surface area (Å²) in [6.07, 6.45) is 3.54. The van der Waals surface area contributed by atoms with E-state index < -0.39 is 11.9 Å². The summed E-state index contributed by atoms with van der Waals surface area (Å²) < 4.78 is 11.7. The van der Waals surface area contributed by atoms with Gasteiger partial charge in [-0.15, -0.1) is 11.8 Å². The van der Waals surface area contributed by atoms with Crippen LogP contribution in [-0.2, 0) is 16.0 Å². The Balaban J connectivity index is 0.000000481. The molecular weight excluding hydrogens is 456 g/mol. The van der Waals surface area contributed by atoms with E-state index in [1.165, 1.54) is 34.7 Å². The molecule has 8 nitrogen and oxygen atoms in total. The van der Waals surface area contributed by atoms with Crippen molar-refractivity contribution in [1.82, 2.24) is 4.90 Å². The van der Waals surface area contributed by atoms with Crippen LogP contribution in [0.15, 0.2) is 47.4 Å². The second kappa shape index (κ2) is 13.1. The van der Waals surface area contributed by atoms with E-state index in [1.54, 1.807) is 7.11 Å². The van der Waals surface area contributed by atoms with Crippen molar-refractivity contribution in [1.29, 1.82) is 0 Å². The maximum atomic E-state index is 9.10. The zero-order valence-corrected chi connectivity index (χ0v) is 20.3. The molecule has 2 aliphatic heterocycles. The van der Waals surface area contributed by atoms with Crippen LogP contribution in [0.5, 0.6) is 11.5 Å². The predicted octanol–water partition coefficient (Wildman–Crippen LogP) is 3.48. The first kappa shape index (κ1) is 25.7. The Morgan fingerprint density at radius 2 is 1.68 bits per heavy atom. The molecule has 34 heavy (non-hydrogen) atoms. The quantitative estimate of drug-likeness (QED) is 0.448. The number of fused-ring (bicyclic) bond motifs is 1. The minimum Gasteiger partial charge on any atom is -0.495 e. The van der Waals surface area contributed by atoms with Crippen molar-refractivity contribution in [3.63, 3.8) is 0 Å². The number of anilines is 1. The molecule has 0 radical (unpaired) electrons. The Morgan fingerprint density at radius 3 is 2.38 bits per heavy atom. The first-order valence-corrected chi connectivity index (χ1v) is 12.4. The molecule has 0 unspecified atom stereocenters. The smallest absolute Gasteiger partial charge is 0.414 e. The summed E-state index contributed by atoms with van der Waals surface area (Å²) in [7, 11) is 1.75. The number of nitrogens with zero attached hydrogens (tertiary/aromatic N) is 2. The molecule has 9 heteroatoms. The predicted molar refractivity (Wildman–Crippen MR) is 133 cm³/mol. The van der Waals surface area contributed by atoms with Gasteiger partial charge in [0, 0.05) is 32.7 Å². The van der Waals surface area contributed by atoms with E-state index in [0.29, 0.717) is 0 Å². The topological polar surface area (TPSA) is 99.5 Å². The average molecular weight is 489 g/mol. The number of benzene rings is 2. The van der Waals surface area contributed by atoms with Crippen molar-refractivity contribution in [2.24, 2.45) is 0 Å². The van der Waals surface area contributed by atoms with Crippen LogP contribution in [-0.4, -0.2) is 79.2 Å². The molecule has 0 spiro atoms. The lowest BCUT2D eigenvalue weighted by Gasteiger charge is -2.36. The van der Waals surface area contributed by atoms with Crippen LogP contribution >= 0.6 is 11.8 Å². The molecular formula is C25H32N2O6S. The zero-order valence-electron chi connectivity index (χ0n) is 19.4. The van der Waals surface area contributed by atoms with E-state index >= 15 is 0 Å². The van der Waals surface area contributed by atoms with E-state index in [1.807, 2.05) is 23.9 Å². The lowest BCUT2D eigenvalue weighted by Crippen LogP contribution is -2.46. The van der Waals surface area contributed by atoms with Gasteiger partial charge in [-0.3, -0.25) is 4.90 Å². The molecule has 4 rings (SSSR count). The van der Waals surface area contributed by atoms with Gasteiger partial charge < -0.3 is 24.6 Å². The van der Waals surface area contributed by atoms with Crippen molar-refractivity contribution >= 4 is 29.4 Å². The van der Waals surface area contributed by atoms with E-state index in [0.717, 1.165) is 57.3 Å². The number of aliphatic carboxylic acids is 2. The van der Waals surface area contributed by atoms with Crippen LogP contribution in [0.4, 0.5) is 5.69 Å². The highest BCUT2D eigenvalue weighted by molar-refractivity contribution is 7.99. The molecule has 184 valence electrons. The number of methoxy groups -OCH3 is 1. The van der Waals surface area contributed by atoms with Crippen LogP contribution in [0.2, 0.25) is 0 Å². The Morgan fingerprint density at radius 1 is 0.971 bits per heavy atom. The van der Waals surface area contributed by atoms with Crippen molar-refractivity contribution < 1.29 is 29.3 Å². The minimum atomic E-state index is -1.82. The fourth-order valence-corrected chi connectivity index (χ4v) is 5.16. The Bertz CT molecular complexity index is 950. The third kappa shape index (κ3) is 7.30. The van der Waals surface area contributed by atoms with Crippen LogP contribution in [0.3, 0.4) is 0 Å². The molecule has 0 atom stereocenters. The number of aryl methyl sites for hydroxylation is 1. The molecule has 2 aliphatic rings. The number of carbonyl (C=O) groups is 2. The first-order valence-electron chi connectivity index (χ1n) is 11.4. The van der Waals surface area contributed by atoms with E-state index in [9.17, 15) is 0 Å². The van der Waals surface area contributed by atoms with Crippen molar-refractivity contribution in [2.45, 2.75) is 24.2 Å². The van der Waals surface area contributed by atoms with Crippen LogP contribution in [0.25, 0.3) is 0 Å².